The SMILES string of the molecule is C=C/C=C\C(=C/C)N1C(=O)/C(=C\c2cc(Br)c(OCc3cccc4ccccc34)c(OC)c2)C(=O)N=C1SCC(=O)NC(c1ccccc1)c1ccccc1. The molecule has 1 aliphatic heterocycles. The zero-order chi connectivity index (χ0) is 38.7. The van der Waals surface area contributed by atoms with Crippen LogP contribution in [0.25, 0.3) is 16.8 Å². The molecule has 0 spiro atoms. The third-order valence-electron chi connectivity index (χ3n) is 8.73. The van der Waals surface area contributed by atoms with Crippen molar-refractivity contribution in [2.75, 3.05) is 12.9 Å². The first-order valence-corrected chi connectivity index (χ1v) is 19.2. The summed E-state index contributed by atoms with van der Waals surface area (Å²) in [5.41, 5.74) is 3.66. The molecule has 1 heterocycles. The highest BCUT2D eigenvalue weighted by molar-refractivity contribution is 9.10. The summed E-state index contributed by atoms with van der Waals surface area (Å²) in [5.74, 6) is -0.838. The van der Waals surface area contributed by atoms with E-state index in [2.05, 4.69) is 51.0 Å². The molecular weight excluding hydrogens is 774 g/mol. The van der Waals surface area contributed by atoms with Gasteiger partial charge in [-0.3, -0.25) is 19.3 Å². The first-order valence-electron chi connectivity index (χ1n) is 17.4. The molecule has 0 aromatic heterocycles. The van der Waals surface area contributed by atoms with E-state index in [-0.39, 0.29) is 22.4 Å². The van der Waals surface area contributed by atoms with Crippen molar-refractivity contribution in [2.24, 2.45) is 4.99 Å². The van der Waals surface area contributed by atoms with Gasteiger partial charge in [-0.2, -0.15) is 4.99 Å². The topological polar surface area (TPSA) is 97.3 Å². The lowest BCUT2D eigenvalue weighted by Gasteiger charge is -2.28. The molecule has 0 atom stereocenters. The molecule has 0 saturated heterocycles. The first-order chi connectivity index (χ1) is 26.8. The summed E-state index contributed by atoms with van der Waals surface area (Å²) in [6.45, 7) is 5.81. The number of benzene rings is 5. The molecule has 55 heavy (non-hydrogen) atoms. The predicted octanol–water partition coefficient (Wildman–Crippen LogP) is 9.58. The maximum Gasteiger partial charge on any atom is 0.285 e. The Morgan fingerprint density at radius 2 is 1.62 bits per heavy atom. The third-order valence-corrected chi connectivity index (χ3v) is 10.3. The largest absolute Gasteiger partial charge is 0.493 e. The number of carbonyl (C=O) groups is 3. The van der Waals surface area contributed by atoms with Crippen LogP contribution in [0, 0.1) is 0 Å². The number of ether oxygens (including phenoxy) is 2. The average Bonchev–Trinajstić information content (AvgIpc) is 3.21. The van der Waals surface area contributed by atoms with Crippen molar-refractivity contribution in [1.29, 1.82) is 0 Å². The van der Waals surface area contributed by atoms with E-state index in [4.69, 9.17) is 9.47 Å². The molecule has 276 valence electrons. The lowest BCUT2D eigenvalue weighted by Crippen LogP contribution is -2.42. The minimum Gasteiger partial charge on any atom is -0.493 e. The van der Waals surface area contributed by atoms with Crippen LogP contribution in [0.5, 0.6) is 11.5 Å². The standard InChI is InChI=1S/C45H38BrN3O5S/c1-4-6-23-35(5-2)49-44(52)37(25-30-26-38(46)42(39(27-30)53-3)54-28-34-22-15-21-31-16-13-14-24-36(31)34)43(51)48-45(49)55-29-40(50)47-41(32-17-9-7-10-18-32)33-19-11-8-12-20-33/h4-27,41H,1,28-29H2,2-3H3,(H,47,50)/b23-6-,35-5+,37-25-. The maximum atomic E-state index is 14.3. The van der Waals surface area contributed by atoms with Crippen molar-refractivity contribution in [3.05, 3.63) is 184 Å². The van der Waals surface area contributed by atoms with E-state index in [1.54, 1.807) is 43.4 Å². The first kappa shape index (κ1) is 38.7. The highest BCUT2D eigenvalue weighted by Crippen LogP contribution is 2.39. The van der Waals surface area contributed by atoms with Gasteiger partial charge in [0.25, 0.3) is 11.8 Å². The van der Waals surface area contributed by atoms with Gasteiger partial charge in [-0.05, 0) is 80.2 Å². The molecule has 3 amide bonds. The van der Waals surface area contributed by atoms with Crippen LogP contribution < -0.4 is 14.8 Å². The molecule has 0 unspecified atom stereocenters. The van der Waals surface area contributed by atoms with Crippen molar-refractivity contribution in [3.63, 3.8) is 0 Å². The molecule has 5 aromatic carbocycles. The fourth-order valence-electron chi connectivity index (χ4n) is 6.09. The number of amidine groups is 1. The van der Waals surface area contributed by atoms with Crippen LogP contribution in [-0.4, -0.2) is 40.7 Å². The molecule has 10 heteroatoms. The van der Waals surface area contributed by atoms with Crippen molar-refractivity contribution in [2.45, 2.75) is 19.6 Å². The van der Waals surface area contributed by atoms with Crippen LogP contribution in [0.3, 0.4) is 0 Å². The Morgan fingerprint density at radius 3 is 2.29 bits per heavy atom. The van der Waals surface area contributed by atoms with E-state index in [1.165, 1.54) is 18.1 Å². The van der Waals surface area contributed by atoms with Gasteiger partial charge in [-0.15, -0.1) is 0 Å². The van der Waals surface area contributed by atoms with Gasteiger partial charge in [0.2, 0.25) is 5.91 Å². The molecule has 1 aliphatic rings. The number of nitrogens with zero attached hydrogens (tertiary/aromatic N) is 2. The van der Waals surface area contributed by atoms with Gasteiger partial charge in [-0.25, -0.2) is 0 Å². The minimum atomic E-state index is -0.731. The van der Waals surface area contributed by atoms with Crippen LogP contribution in [0.1, 0.15) is 35.2 Å². The van der Waals surface area contributed by atoms with E-state index >= 15 is 0 Å². The number of amides is 3. The summed E-state index contributed by atoms with van der Waals surface area (Å²) < 4.78 is 12.5. The van der Waals surface area contributed by atoms with Crippen molar-refractivity contribution < 1.29 is 23.9 Å². The molecule has 6 rings (SSSR count). The summed E-state index contributed by atoms with van der Waals surface area (Å²) in [4.78, 5) is 47.0. The number of rotatable bonds is 13. The zero-order valence-electron chi connectivity index (χ0n) is 30.3. The van der Waals surface area contributed by atoms with Gasteiger partial charge in [0, 0.05) is 5.70 Å². The van der Waals surface area contributed by atoms with Crippen LogP contribution in [0.15, 0.2) is 167 Å². The summed E-state index contributed by atoms with van der Waals surface area (Å²) in [6.07, 6.45) is 8.16. The van der Waals surface area contributed by atoms with Crippen molar-refractivity contribution >= 4 is 67.4 Å². The Labute approximate surface area is 333 Å². The highest BCUT2D eigenvalue weighted by Gasteiger charge is 2.35. The minimum absolute atomic E-state index is 0.0797. The van der Waals surface area contributed by atoms with Gasteiger partial charge < -0.3 is 14.8 Å². The molecule has 5 aromatic rings. The smallest absolute Gasteiger partial charge is 0.285 e. The highest BCUT2D eigenvalue weighted by atomic mass is 79.9. The summed E-state index contributed by atoms with van der Waals surface area (Å²) in [7, 11) is 1.53. The molecule has 0 fully saturated rings. The van der Waals surface area contributed by atoms with Crippen LogP contribution in [0.2, 0.25) is 0 Å². The van der Waals surface area contributed by atoms with Crippen molar-refractivity contribution in [3.8, 4) is 11.5 Å². The van der Waals surface area contributed by atoms with E-state index < -0.39 is 17.9 Å². The number of aliphatic imine (C=N–C) groups is 1. The number of halogens is 1. The number of carbonyl (C=O) groups excluding carboxylic acids is 3. The van der Waals surface area contributed by atoms with E-state index in [9.17, 15) is 14.4 Å². The predicted molar refractivity (Wildman–Crippen MR) is 225 cm³/mol. The second-order valence-corrected chi connectivity index (χ2v) is 14.1. The molecule has 1 N–H and O–H groups in total. The zero-order valence-corrected chi connectivity index (χ0v) is 32.7. The van der Waals surface area contributed by atoms with Crippen LogP contribution >= 0.6 is 27.7 Å². The summed E-state index contributed by atoms with van der Waals surface area (Å²) >= 11 is 4.62. The number of methoxy groups -OCH3 is 1. The second kappa shape index (κ2) is 18.4. The van der Waals surface area contributed by atoms with Crippen molar-refractivity contribution in [1.82, 2.24) is 10.2 Å². The van der Waals surface area contributed by atoms with Crippen LogP contribution in [0.4, 0.5) is 0 Å². The molecular formula is C45H38BrN3O5S. The molecule has 8 nitrogen and oxygen atoms in total. The lowest BCUT2D eigenvalue weighted by molar-refractivity contribution is -0.126. The Bertz CT molecular complexity index is 2310. The molecule has 0 saturated carbocycles. The fraction of sp³-hybridized carbons (Fsp3) is 0.111. The third kappa shape index (κ3) is 9.23. The Hall–Kier alpha value is -5.97. The number of allylic oxidation sites excluding steroid dienone is 4. The Kier molecular flexibility index (Phi) is 12.9. The van der Waals surface area contributed by atoms with E-state index in [0.29, 0.717) is 33.8 Å². The number of thioether (sulfide) groups is 1. The fourth-order valence-corrected chi connectivity index (χ4v) is 7.47. The van der Waals surface area contributed by atoms with E-state index in [0.717, 1.165) is 39.2 Å². The number of nitrogens with one attached hydrogen (secondary N) is 1. The quantitative estimate of drug-likeness (QED) is 0.0723. The normalized spacial score (nSPS) is 14.1. The lowest BCUT2D eigenvalue weighted by atomic mass is 9.99. The number of hydrogen-bond donors (Lipinski definition) is 1. The second-order valence-electron chi connectivity index (χ2n) is 12.3. The molecule has 0 bridgehead atoms. The molecule has 0 radical (unpaired) electrons. The monoisotopic (exact) mass is 811 g/mol. The van der Waals surface area contributed by atoms with Gasteiger partial charge in [0.05, 0.1) is 23.4 Å². The van der Waals surface area contributed by atoms with Gasteiger partial charge in [0.15, 0.2) is 16.7 Å². The van der Waals surface area contributed by atoms with Gasteiger partial charge in [-0.1, -0.05) is 140 Å². The number of fused-ring (bicyclic) bond motifs is 1. The maximum absolute atomic E-state index is 14.3. The average molecular weight is 813 g/mol. The number of hydrogen-bond acceptors (Lipinski definition) is 6. The van der Waals surface area contributed by atoms with Gasteiger partial charge >= 0.3 is 0 Å². The summed E-state index contributed by atoms with van der Waals surface area (Å²) in [5, 5.41) is 5.39. The van der Waals surface area contributed by atoms with E-state index in [1.807, 2.05) is 84.9 Å². The summed E-state index contributed by atoms with van der Waals surface area (Å²) in [6, 6.07) is 36.5. The Balaban J connectivity index is 1.26. The Morgan fingerprint density at radius 1 is 0.945 bits per heavy atom. The molecule has 0 aliphatic carbocycles. The van der Waals surface area contributed by atoms with Crippen LogP contribution in [-0.2, 0) is 21.0 Å². The van der Waals surface area contributed by atoms with Gasteiger partial charge in [0.1, 0.15) is 12.2 Å².